The summed E-state index contributed by atoms with van der Waals surface area (Å²) in [7, 11) is 0. The van der Waals surface area contributed by atoms with Crippen LogP contribution >= 0.6 is 0 Å². The molecule has 0 aliphatic carbocycles. The summed E-state index contributed by atoms with van der Waals surface area (Å²) in [5.41, 5.74) is 5.09. The van der Waals surface area contributed by atoms with Crippen molar-refractivity contribution in [3.05, 3.63) is 0 Å². The molecule has 0 aromatic rings. The van der Waals surface area contributed by atoms with Crippen LogP contribution in [0.5, 0.6) is 0 Å². The minimum absolute atomic E-state index is 0.114. The van der Waals surface area contributed by atoms with Gasteiger partial charge in [0.25, 0.3) is 0 Å². The fraction of sp³-hybridized carbons (Fsp3) is 1.00. The van der Waals surface area contributed by atoms with Gasteiger partial charge in [-0.15, -0.1) is 0 Å². The van der Waals surface area contributed by atoms with Gasteiger partial charge in [-0.05, 0) is 6.92 Å². The average molecular weight is 193 g/mol. The molecule has 1 saturated heterocycles. The molecular formula is C7H15NO5. The van der Waals surface area contributed by atoms with E-state index in [-0.39, 0.29) is 6.73 Å². The number of rotatable bonds is 2. The van der Waals surface area contributed by atoms with Gasteiger partial charge in [-0.25, -0.2) is 0 Å². The number of nitrogens with two attached hydrogens (primary N) is 1. The third-order valence-electron chi connectivity index (χ3n) is 2.07. The van der Waals surface area contributed by atoms with Crippen LogP contribution in [0.3, 0.4) is 0 Å². The van der Waals surface area contributed by atoms with Crippen LogP contribution in [-0.2, 0) is 9.47 Å². The minimum atomic E-state index is -1.27. The van der Waals surface area contributed by atoms with Crippen molar-refractivity contribution in [3.63, 3.8) is 0 Å². The number of ether oxygens (including phenoxy) is 2. The summed E-state index contributed by atoms with van der Waals surface area (Å²) in [5, 5.41) is 27.9. The van der Waals surface area contributed by atoms with Crippen molar-refractivity contribution < 1.29 is 24.8 Å². The molecule has 0 aromatic carbocycles. The largest absolute Gasteiger partial charge is 0.388 e. The van der Waals surface area contributed by atoms with Crippen LogP contribution in [0.25, 0.3) is 0 Å². The molecule has 0 bridgehead atoms. The summed E-state index contributed by atoms with van der Waals surface area (Å²) in [4.78, 5) is 0. The molecule has 0 amide bonds. The van der Waals surface area contributed by atoms with Gasteiger partial charge in [-0.2, -0.15) is 0 Å². The third-order valence-corrected chi connectivity index (χ3v) is 2.07. The van der Waals surface area contributed by atoms with E-state index in [2.05, 4.69) is 0 Å². The lowest BCUT2D eigenvalue weighted by molar-refractivity contribution is -0.292. The zero-order valence-electron chi connectivity index (χ0n) is 7.33. The molecule has 1 aliphatic rings. The zero-order chi connectivity index (χ0) is 10.0. The molecular weight excluding hydrogens is 178 g/mol. The molecule has 1 fully saturated rings. The molecule has 2 unspecified atom stereocenters. The second-order valence-corrected chi connectivity index (χ2v) is 3.01. The predicted octanol–water partition coefficient (Wildman–Crippen LogP) is -2.25. The molecule has 0 radical (unpaired) electrons. The van der Waals surface area contributed by atoms with Gasteiger partial charge in [0.2, 0.25) is 0 Å². The predicted molar refractivity (Wildman–Crippen MR) is 42.5 cm³/mol. The van der Waals surface area contributed by atoms with Gasteiger partial charge in [-0.1, -0.05) is 0 Å². The van der Waals surface area contributed by atoms with Crippen LogP contribution in [0.4, 0.5) is 0 Å². The normalized spacial score (nSPS) is 46.4. The van der Waals surface area contributed by atoms with E-state index in [1.807, 2.05) is 0 Å². The Labute approximate surface area is 75.9 Å². The minimum Gasteiger partial charge on any atom is -0.388 e. The molecule has 0 saturated carbocycles. The van der Waals surface area contributed by atoms with E-state index in [0.717, 1.165) is 0 Å². The monoisotopic (exact) mass is 193 g/mol. The Balaban J connectivity index is 2.59. The van der Waals surface area contributed by atoms with Gasteiger partial charge in [0.1, 0.15) is 18.3 Å². The van der Waals surface area contributed by atoms with Crippen molar-refractivity contribution in [1.82, 2.24) is 0 Å². The molecule has 1 rings (SSSR count). The number of hydrogen-bond donors (Lipinski definition) is 4. The first-order chi connectivity index (χ1) is 6.07. The Hall–Kier alpha value is -0.240. The smallest absolute Gasteiger partial charge is 0.188 e. The van der Waals surface area contributed by atoms with E-state index in [1.54, 1.807) is 6.92 Å². The van der Waals surface area contributed by atoms with E-state index in [0.29, 0.717) is 0 Å². The lowest BCUT2D eigenvalue weighted by atomic mass is 10.0. The molecule has 1 heterocycles. The first-order valence-electron chi connectivity index (χ1n) is 4.09. The van der Waals surface area contributed by atoms with Crippen molar-refractivity contribution in [2.75, 3.05) is 6.73 Å². The quantitative estimate of drug-likeness (QED) is 0.369. The molecule has 6 heteroatoms. The Morgan fingerprint density at radius 2 is 1.85 bits per heavy atom. The van der Waals surface area contributed by atoms with E-state index in [9.17, 15) is 15.3 Å². The molecule has 0 spiro atoms. The highest BCUT2D eigenvalue weighted by Crippen LogP contribution is 2.21. The average Bonchev–Trinajstić information content (AvgIpc) is 2.11. The maximum Gasteiger partial charge on any atom is 0.188 e. The summed E-state index contributed by atoms with van der Waals surface area (Å²) < 4.78 is 9.88. The van der Waals surface area contributed by atoms with E-state index >= 15 is 0 Å². The Morgan fingerprint density at radius 3 is 2.38 bits per heavy atom. The van der Waals surface area contributed by atoms with Crippen molar-refractivity contribution in [1.29, 1.82) is 0 Å². The van der Waals surface area contributed by atoms with Crippen LogP contribution in [-0.4, -0.2) is 52.8 Å². The Kier molecular flexibility index (Phi) is 3.60. The molecule has 78 valence electrons. The highest BCUT2D eigenvalue weighted by Gasteiger charge is 2.42. The van der Waals surface area contributed by atoms with Crippen molar-refractivity contribution in [2.24, 2.45) is 5.73 Å². The van der Waals surface area contributed by atoms with Crippen LogP contribution in [0.2, 0.25) is 0 Å². The molecule has 13 heavy (non-hydrogen) atoms. The molecule has 0 aromatic heterocycles. The topological polar surface area (TPSA) is 105 Å². The fourth-order valence-electron chi connectivity index (χ4n) is 1.25. The number of hydrogen-bond acceptors (Lipinski definition) is 6. The van der Waals surface area contributed by atoms with Gasteiger partial charge in [-0.3, -0.25) is 0 Å². The van der Waals surface area contributed by atoms with Gasteiger partial charge >= 0.3 is 0 Å². The standard InChI is InChI=1S/C7H15NO5/c1-3-4(9)5(10)6(11)7(13-3)12-2-8/h3-7,9-11H,2,8H2,1H3/t3?,4-,5?,6-,7+/m0/s1. The van der Waals surface area contributed by atoms with Crippen molar-refractivity contribution >= 4 is 0 Å². The summed E-state index contributed by atoms with van der Waals surface area (Å²) in [6, 6.07) is 0. The summed E-state index contributed by atoms with van der Waals surface area (Å²) >= 11 is 0. The van der Waals surface area contributed by atoms with Crippen LogP contribution in [0.15, 0.2) is 0 Å². The zero-order valence-corrected chi connectivity index (χ0v) is 7.33. The highest BCUT2D eigenvalue weighted by atomic mass is 16.7. The van der Waals surface area contributed by atoms with E-state index in [4.69, 9.17) is 15.2 Å². The molecule has 5 atom stereocenters. The van der Waals surface area contributed by atoms with Gasteiger partial charge < -0.3 is 30.5 Å². The number of aliphatic hydroxyl groups excluding tert-OH is 3. The highest BCUT2D eigenvalue weighted by molar-refractivity contribution is 4.86. The third kappa shape index (κ3) is 2.16. The van der Waals surface area contributed by atoms with E-state index < -0.39 is 30.7 Å². The first-order valence-corrected chi connectivity index (χ1v) is 4.09. The molecule has 1 aliphatic heterocycles. The second kappa shape index (κ2) is 4.32. The SMILES string of the molecule is CC1O[C@@H](OCN)[C@@H](O)C(O)[C@H]1O. The van der Waals surface area contributed by atoms with Crippen LogP contribution < -0.4 is 5.73 Å². The molecule has 5 N–H and O–H groups in total. The van der Waals surface area contributed by atoms with Gasteiger partial charge in [0, 0.05) is 0 Å². The van der Waals surface area contributed by atoms with E-state index in [1.165, 1.54) is 0 Å². The van der Waals surface area contributed by atoms with Gasteiger partial charge in [0.15, 0.2) is 6.29 Å². The van der Waals surface area contributed by atoms with Crippen molar-refractivity contribution in [2.45, 2.75) is 37.6 Å². The Morgan fingerprint density at radius 1 is 1.23 bits per heavy atom. The van der Waals surface area contributed by atoms with Gasteiger partial charge in [0.05, 0.1) is 12.8 Å². The first kappa shape index (κ1) is 10.8. The fourth-order valence-corrected chi connectivity index (χ4v) is 1.25. The maximum absolute atomic E-state index is 9.34. The van der Waals surface area contributed by atoms with Crippen molar-refractivity contribution in [3.8, 4) is 0 Å². The maximum atomic E-state index is 9.34. The summed E-state index contributed by atoms with van der Waals surface area (Å²) in [6.07, 6.45) is -5.20. The van der Waals surface area contributed by atoms with Crippen LogP contribution in [0, 0.1) is 0 Å². The summed E-state index contributed by atoms with van der Waals surface area (Å²) in [5.74, 6) is 0. The lowest BCUT2D eigenvalue weighted by Gasteiger charge is -2.38. The lowest BCUT2D eigenvalue weighted by Crippen LogP contribution is -2.57. The second-order valence-electron chi connectivity index (χ2n) is 3.01. The number of aliphatic hydroxyl groups is 3. The summed E-state index contributed by atoms with van der Waals surface area (Å²) in [6.45, 7) is 1.46. The van der Waals surface area contributed by atoms with Crippen LogP contribution in [0.1, 0.15) is 6.92 Å². The Bertz CT molecular complexity index is 167. The molecule has 6 nitrogen and oxygen atoms in total.